The Morgan fingerprint density at radius 1 is 1.03 bits per heavy atom. The van der Waals surface area contributed by atoms with Crippen LogP contribution in [0.5, 0.6) is 5.75 Å². The molecule has 0 spiro atoms. The number of benzene rings is 1. The monoisotopic (exact) mass is 413 g/mol. The molecular weight excluding hydrogens is 378 g/mol. The summed E-state index contributed by atoms with van der Waals surface area (Å²) in [7, 11) is 0. The van der Waals surface area contributed by atoms with Crippen LogP contribution in [0.4, 0.5) is 0 Å². The van der Waals surface area contributed by atoms with Gasteiger partial charge in [-0.05, 0) is 51.7 Å². The van der Waals surface area contributed by atoms with Crippen LogP contribution in [0.2, 0.25) is 0 Å². The molecule has 30 heavy (non-hydrogen) atoms. The number of carbonyl (C=O) groups is 2. The summed E-state index contributed by atoms with van der Waals surface area (Å²) >= 11 is 0. The van der Waals surface area contributed by atoms with Crippen LogP contribution in [0.15, 0.2) is 42.0 Å². The molecule has 2 heterocycles. The molecule has 0 bridgehead atoms. The first-order valence-corrected chi connectivity index (χ1v) is 11.1. The van der Waals surface area contributed by atoms with Gasteiger partial charge in [-0.15, -0.1) is 0 Å². The zero-order valence-corrected chi connectivity index (χ0v) is 18.3. The molecule has 2 amide bonds. The van der Waals surface area contributed by atoms with Crippen molar-refractivity contribution < 1.29 is 14.3 Å². The second kappa shape index (κ2) is 11.2. The number of nitrogens with one attached hydrogen (secondary N) is 1. The first kappa shape index (κ1) is 22.3. The Hall–Kier alpha value is -2.34. The quantitative estimate of drug-likeness (QED) is 0.699. The number of para-hydroxylation sites is 1. The molecule has 0 aliphatic carbocycles. The van der Waals surface area contributed by atoms with Gasteiger partial charge in [0, 0.05) is 44.7 Å². The highest BCUT2D eigenvalue weighted by Crippen LogP contribution is 2.19. The number of rotatable bonds is 7. The molecule has 0 aromatic heterocycles. The Kier molecular flexibility index (Phi) is 8.31. The van der Waals surface area contributed by atoms with Crippen molar-refractivity contribution in [1.82, 2.24) is 15.1 Å². The number of ether oxygens (including phenoxy) is 1. The zero-order valence-electron chi connectivity index (χ0n) is 18.3. The minimum Gasteiger partial charge on any atom is -0.484 e. The standard InChI is InChI=1S/C24H35N3O3/c1-19(2)8-13-26-14-11-21(12-15-26)25-24(29)20-9-16-27(17-10-20)23(28)18-30-22-6-4-3-5-7-22/h3-8,20-21H,9-18H2,1-2H3,(H,25,29). The first-order valence-electron chi connectivity index (χ1n) is 11.1. The molecule has 164 valence electrons. The number of piperidine rings is 2. The Morgan fingerprint density at radius 2 is 1.70 bits per heavy atom. The fourth-order valence-corrected chi connectivity index (χ4v) is 4.03. The van der Waals surface area contributed by atoms with Crippen LogP contribution < -0.4 is 10.1 Å². The van der Waals surface area contributed by atoms with Crippen LogP contribution in [-0.2, 0) is 9.59 Å². The molecule has 6 nitrogen and oxygen atoms in total. The number of carbonyl (C=O) groups excluding carboxylic acids is 2. The van der Waals surface area contributed by atoms with Crippen LogP contribution in [0.1, 0.15) is 39.5 Å². The van der Waals surface area contributed by atoms with Crippen molar-refractivity contribution >= 4 is 11.8 Å². The fraction of sp³-hybridized carbons (Fsp3) is 0.583. The molecule has 2 fully saturated rings. The molecule has 2 saturated heterocycles. The van der Waals surface area contributed by atoms with Gasteiger partial charge in [-0.3, -0.25) is 14.5 Å². The Labute approximate surface area is 180 Å². The van der Waals surface area contributed by atoms with E-state index in [0.29, 0.717) is 18.8 Å². The number of hydrogen-bond acceptors (Lipinski definition) is 4. The molecule has 3 rings (SSSR count). The van der Waals surface area contributed by atoms with Crippen molar-refractivity contribution in [3.8, 4) is 5.75 Å². The maximum atomic E-state index is 12.7. The molecule has 1 aromatic carbocycles. The van der Waals surface area contributed by atoms with E-state index in [2.05, 4.69) is 30.1 Å². The lowest BCUT2D eigenvalue weighted by Gasteiger charge is -2.34. The topological polar surface area (TPSA) is 61.9 Å². The minimum atomic E-state index is -0.0125. The third-order valence-corrected chi connectivity index (χ3v) is 6.02. The van der Waals surface area contributed by atoms with Crippen molar-refractivity contribution in [3.05, 3.63) is 42.0 Å². The molecule has 1 N–H and O–H groups in total. The van der Waals surface area contributed by atoms with Gasteiger partial charge in [0.1, 0.15) is 5.75 Å². The highest BCUT2D eigenvalue weighted by molar-refractivity contribution is 5.80. The maximum absolute atomic E-state index is 12.7. The third kappa shape index (κ3) is 6.87. The molecule has 2 aliphatic heterocycles. The van der Waals surface area contributed by atoms with E-state index in [1.807, 2.05) is 35.2 Å². The molecule has 2 aliphatic rings. The van der Waals surface area contributed by atoms with Crippen molar-refractivity contribution in [2.24, 2.45) is 5.92 Å². The molecule has 1 aromatic rings. The Balaban J connectivity index is 1.34. The van der Waals surface area contributed by atoms with E-state index in [1.54, 1.807) is 0 Å². The Morgan fingerprint density at radius 3 is 2.33 bits per heavy atom. The van der Waals surface area contributed by atoms with Gasteiger partial charge in [-0.1, -0.05) is 29.8 Å². The summed E-state index contributed by atoms with van der Waals surface area (Å²) in [5.41, 5.74) is 1.35. The first-order chi connectivity index (χ1) is 14.5. The summed E-state index contributed by atoms with van der Waals surface area (Å²) in [5, 5.41) is 3.26. The average Bonchev–Trinajstić information content (AvgIpc) is 2.77. The molecule has 0 atom stereocenters. The number of allylic oxidation sites excluding steroid dienone is 1. The number of likely N-dealkylation sites (tertiary alicyclic amines) is 2. The average molecular weight is 414 g/mol. The van der Waals surface area contributed by atoms with Gasteiger partial charge in [0.2, 0.25) is 5.91 Å². The lowest BCUT2D eigenvalue weighted by atomic mass is 9.94. The van der Waals surface area contributed by atoms with E-state index >= 15 is 0 Å². The van der Waals surface area contributed by atoms with Gasteiger partial charge in [0.05, 0.1) is 0 Å². The van der Waals surface area contributed by atoms with Gasteiger partial charge in [-0.2, -0.15) is 0 Å². The smallest absolute Gasteiger partial charge is 0.260 e. The summed E-state index contributed by atoms with van der Waals surface area (Å²) < 4.78 is 5.56. The predicted octanol–water partition coefficient (Wildman–Crippen LogP) is 2.85. The van der Waals surface area contributed by atoms with Crippen LogP contribution in [0, 0.1) is 5.92 Å². The fourth-order valence-electron chi connectivity index (χ4n) is 4.03. The van der Waals surface area contributed by atoms with Gasteiger partial charge in [-0.25, -0.2) is 0 Å². The van der Waals surface area contributed by atoms with E-state index in [9.17, 15) is 9.59 Å². The molecule has 0 saturated carbocycles. The van der Waals surface area contributed by atoms with Crippen molar-refractivity contribution in [2.45, 2.75) is 45.6 Å². The normalized spacial score (nSPS) is 18.7. The van der Waals surface area contributed by atoms with E-state index < -0.39 is 0 Å². The van der Waals surface area contributed by atoms with E-state index in [-0.39, 0.29) is 30.4 Å². The minimum absolute atomic E-state index is 0.00722. The van der Waals surface area contributed by atoms with Gasteiger partial charge >= 0.3 is 0 Å². The number of hydrogen-bond donors (Lipinski definition) is 1. The second-order valence-corrected chi connectivity index (χ2v) is 8.62. The predicted molar refractivity (Wildman–Crippen MR) is 118 cm³/mol. The largest absolute Gasteiger partial charge is 0.484 e. The summed E-state index contributed by atoms with van der Waals surface area (Å²) in [6.07, 6.45) is 5.73. The van der Waals surface area contributed by atoms with Crippen molar-refractivity contribution in [3.63, 3.8) is 0 Å². The van der Waals surface area contributed by atoms with Gasteiger partial charge in [0.15, 0.2) is 6.61 Å². The zero-order chi connectivity index (χ0) is 21.3. The van der Waals surface area contributed by atoms with Crippen molar-refractivity contribution in [2.75, 3.05) is 39.3 Å². The molecule has 0 unspecified atom stereocenters. The highest BCUT2D eigenvalue weighted by atomic mass is 16.5. The summed E-state index contributed by atoms with van der Waals surface area (Å²) in [6, 6.07) is 9.65. The van der Waals surface area contributed by atoms with E-state index in [1.165, 1.54) is 5.57 Å². The molecule has 0 radical (unpaired) electrons. The Bertz CT molecular complexity index is 714. The third-order valence-electron chi connectivity index (χ3n) is 6.02. The van der Waals surface area contributed by atoms with Crippen LogP contribution in [-0.4, -0.2) is 67.0 Å². The number of nitrogens with zero attached hydrogens (tertiary/aromatic N) is 2. The van der Waals surface area contributed by atoms with E-state index in [0.717, 1.165) is 45.3 Å². The summed E-state index contributed by atoms with van der Waals surface area (Å²) in [4.78, 5) is 29.3. The second-order valence-electron chi connectivity index (χ2n) is 8.62. The summed E-state index contributed by atoms with van der Waals surface area (Å²) in [5.74, 6) is 0.853. The van der Waals surface area contributed by atoms with Gasteiger partial charge in [0.25, 0.3) is 5.91 Å². The van der Waals surface area contributed by atoms with E-state index in [4.69, 9.17) is 4.74 Å². The van der Waals surface area contributed by atoms with Crippen LogP contribution >= 0.6 is 0 Å². The van der Waals surface area contributed by atoms with Crippen LogP contribution in [0.3, 0.4) is 0 Å². The number of amides is 2. The lowest BCUT2D eigenvalue weighted by Crippen LogP contribution is -2.49. The lowest BCUT2D eigenvalue weighted by molar-refractivity contribution is -0.137. The maximum Gasteiger partial charge on any atom is 0.260 e. The van der Waals surface area contributed by atoms with Crippen LogP contribution in [0.25, 0.3) is 0 Å². The van der Waals surface area contributed by atoms with Crippen molar-refractivity contribution in [1.29, 1.82) is 0 Å². The molecular formula is C24H35N3O3. The summed E-state index contributed by atoms with van der Waals surface area (Å²) in [6.45, 7) is 8.61. The molecule has 6 heteroatoms. The SMILES string of the molecule is CC(C)=CCN1CCC(NC(=O)C2CCN(C(=O)COc3ccccc3)CC2)CC1. The highest BCUT2D eigenvalue weighted by Gasteiger charge is 2.29. The van der Waals surface area contributed by atoms with Gasteiger partial charge < -0.3 is 15.0 Å².